The molecule has 0 aliphatic carbocycles. The smallest absolute Gasteiger partial charge is 0.264 e. The first-order chi connectivity index (χ1) is 18.7. The third-order valence-corrected chi connectivity index (χ3v) is 8.18. The number of nitrogens with zero attached hydrogens (tertiary/aromatic N) is 2. The van der Waals surface area contributed by atoms with E-state index in [-0.39, 0.29) is 23.0 Å². The summed E-state index contributed by atoms with van der Waals surface area (Å²) in [6, 6.07) is 20.7. The highest BCUT2D eigenvalue weighted by molar-refractivity contribution is 7.92. The largest absolute Gasteiger partial charge is 0.497 e. The molecule has 0 heterocycles. The van der Waals surface area contributed by atoms with Crippen molar-refractivity contribution in [3.63, 3.8) is 0 Å². The Hall–Kier alpha value is -3.56. The molecule has 3 aromatic rings. The number of carbonyl (C=O) groups is 2. The second-order valence-corrected chi connectivity index (χ2v) is 11.2. The highest BCUT2D eigenvalue weighted by Gasteiger charge is 2.33. The monoisotopic (exact) mass is 571 g/mol. The molecule has 1 N–H and O–H groups in total. The van der Waals surface area contributed by atoms with Crippen molar-refractivity contribution in [2.45, 2.75) is 44.2 Å². The molecular formula is C29H34ClN3O5S. The van der Waals surface area contributed by atoms with Crippen LogP contribution in [0, 0.1) is 0 Å². The number of halogens is 1. The zero-order chi connectivity index (χ0) is 28.4. The van der Waals surface area contributed by atoms with Crippen molar-refractivity contribution in [1.82, 2.24) is 10.2 Å². The molecule has 0 bridgehead atoms. The lowest BCUT2D eigenvalue weighted by Crippen LogP contribution is -2.52. The minimum absolute atomic E-state index is 0.0154. The second kappa shape index (κ2) is 14.0. The normalized spacial score (nSPS) is 11.9. The highest BCUT2D eigenvalue weighted by atomic mass is 35.5. The number of hydrogen-bond acceptors (Lipinski definition) is 5. The fraction of sp³-hybridized carbons (Fsp3) is 0.310. The molecule has 0 aromatic heterocycles. The number of sulfonamides is 1. The number of amides is 2. The Balaban J connectivity index is 2.04. The number of hydrogen-bond donors (Lipinski definition) is 1. The van der Waals surface area contributed by atoms with Gasteiger partial charge in [0.05, 0.1) is 17.7 Å². The van der Waals surface area contributed by atoms with Crippen LogP contribution in [0.15, 0.2) is 83.8 Å². The summed E-state index contributed by atoms with van der Waals surface area (Å²) in [4.78, 5) is 28.5. The molecule has 0 spiro atoms. The zero-order valence-electron chi connectivity index (χ0n) is 22.3. The standard InChI is InChI=1S/C29H34ClN3O5S/c1-4-18-31-29(35)27(5-2)32(20-22-10-7-6-8-11-22)28(34)21-33(24-13-9-12-23(30)19-24)39(36,37)26-16-14-25(38-3)15-17-26/h6-17,19,27H,4-5,18,20-21H2,1-3H3,(H,31,35). The summed E-state index contributed by atoms with van der Waals surface area (Å²) in [5.41, 5.74) is 1.05. The van der Waals surface area contributed by atoms with Crippen LogP contribution in [0.2, 0.25) is 5.02 Å². The maximum atomic E-state index is 14.0. The van der Waals surface area contributed by atoms with Crippen LogP contribution in [0.25, 0.3) is 0 Å². The highest BCUT2D eigenvalue weighted by Crippen LogP contribution is 2.28. The van der Waals surface area contributed by atoms with Crippen LogP contribution in [-0.2, 0) is 26.2 Å². The van der Waals surface area contributed by atoms with E-state index in [0.717, 1.165) is 16.3 Å². The molecular weight excluding hydrogens is 538 g/mol. The lowest BCUT2D eigenvalue weighted by Gasteiger charge is -2.33. The van der Waals surface area contributed by atoms with Crippen LogP contribution in [0.1, 0.15) is 32.3 Å². The second-order valence-electron chi connectivity index (χ2n) is 8.89. The molecule has 0 saturated carbocycles. The molecule has 0 aliphatic heterocycles. The van der Waals surface area contributed by atoms with E-state index in [9.17, 15) is 18.0 Å². The third kappa shape index (κ3) is 7.74. The molecule has 0 aliphatic rings. The van der Waals surface area contributed by atoms with E-state index in [1.54, 1.807) is 18.2 Å². The van der Waals surface area contributed by atoms with Crippen molar-refractivity contribution in [3.8, 4) is 5.75 Å². The Kier molecular flexibility index (Phi) is 10.8. The van der Waals surface area contributed by atoms with Crippen molar-refractivity contribution in [3.05, 3.63) is 89.4 Å². The SMILES string of the molecule is CCCNC(=O)C(CC)N(Cc1ccccc1)C(=O)CN(c1cccc(Cl)c1)S(=O)(=O)c1ccc(OC)cc1. The summed E-state index contributed by atoms with van der Waals surface area (Å²) in [6.07, 6.45) is 1.11. The Morgan fingerprint density at radius 3 is 2.26 bits per heavy atom. The zero-order valence-corrected chi connectivity index (χ0v) is 23.9. The number of nitrogens with one attached hydrogen (secondary N) is 1. The summed E-state index contributed by atoms with van der Waals surface area (Å²) in [5.74, 6) is -0.303. The topological polar surface area (TPSA) is 96.0 Å². The van der Waals surface area contributed by atoms with Crippen LogP contribution in [0.4, 0.5) is 5.69 Å². The summed E-state index contributed by atoms with van der Waals surface area (Å²) in [6.45, 7) is 3.86. The van der Waals surface area contributed by atoms with Crippen LogP contribution in [0.3, 0.4) is 0 Å². The van der Waals surface area contributed by atoms with Gasteiger partial charge in [0.1, 0.15) is 18.3 Å². The van der Waals surface area contributed by atoms with Gasteiger partial charge in [0.15, 0.2) is 0 Å². The molecule has 208 valence electrons. The van der Waals surface area contributed by atoms with E-state index in [0.29, 0.717) is 23.7 Å². The van der Waals surface area contributed by atoms with Gasteiger partial charge in [-0.15, -0.1) is 0 Å². The Morgan fingerprint density at radius 1 is 0.974 bits per heavy atom. The first kappa shape index (κ1) is 30.0. The quantitative estimate of drug-likeness (QED) is 0.315. The Labute approximate surface area is 235 Å². The summed E-state index contributed by atoms with van der Waals surface area (Å²) >= 11 is 6.21. The number of carbonyl (C=O) groups excluding carboxylic acids is 2. The van der Waals surface area contributed by atoms with Gasteiger partial charge in [0.2, 0.25) is 11.8 Å². The van der Waals surface area contributed by atoms with Crippen molar-refractivity contribution >= 4 is 39.1 Å². The number of benzene rings is 3. The molecule has 3 aromatic carbocycles. The summed E-state index contributed by atoms with van der Waals surface area (Å²) in [5, 5.41) is 3.19. The van der Waals surface area contributed by atoms with Gasteiger partial charge >= 0.3 is 0 Å². The average molecular weight is 572 g/mol. The van der Waals surface area contributed by atoms with Gasteiger partial charge in [-0.2, -0.15) is 0 Å². The predicted molar refractivity (Wildman–Crippen MR) is 153 cm³/mol. The fourth-order valence-corrected chi connectivity index (χ4v) is 5.69. The third-order valence-electron chi connectivity index (χ3n) is 6.15. The van der Waals surface area contributed by atoms with Crippen LogP contribution in [-0.4, -0.2) is 51.4 Å². The Bertz CT molecular complexity index is 1350. The van der Waals surface area contributed by atoms with Gasteiger partial charge in [-0.25, -0.2) is 8.42 Å². The van der Waals surface area contributed by atoms with Crippen LogP contribution in [0.5, 0.6) is 5.75 Å². The molecule has 0 radical (unpaired) electrons. The molecule has 0 saturated heterocycles. The molecule has 10 heteroatoms. The van der Waals surface area contributed by atoms with E-state index in [2.05, 4.69) is 5.32 Å². The van der Waals surface area contributed by atoms with Gasteiger partial charge in [0, 0.05) is 18.1 Å². The molecule has 0 fully saturated rings. The molecule has 3 rings (SSSR count). The minimum Gasteiger partial charge on any atom is -0.497 e. The van der Waals surface area contributed by atoms with Gasteiger partial charge in [-0.3, -0.25) is 13.9 Å². The predicted octanol–water partition coefficient (Wildman–Crippen LogP) is 4.88. The average Bonchev–Trinajstić information content (AvgIpc) is 2.95. The maximum absolute atomic E-state index is 14.0. The van der Waals surface area contributed by atoms with Gasteiger partial charge < -0.3 is 15.0 Å². The number of methoxy groups -OCH3 is 1. The van der Waals surface area contributed by atoms with E-state index in [1.807, 2.05) is 44.2 Å². The van der Waals surface area contributed by atoms with Crippen molar-refractivity contribution in [2.24, 2.45) is 0 Å². The van der Waals surface area contributed by atoms with Gasteiger partial charge in [0.25, 0.3) is 10.0 Å². The lowest BCUT2D eigenvalue weighted by atomic mass is 10.1. The Morgan fingerprint density at radius 2 is 1.67 bits per heavy atom. The van der Waals surface area contributed by atoms with Crippen LogP contribution < -0.4 is 14.4 Å². The van der Waals surface area contributed by atoms with E-state index < -0.39 is 28.5 Å². The fourth-order valence-electron chi connectivity index (χ4n) is 4.10. The first-order valence-electron chi connectivity index (χ1n) is 12.7. The molecule has 39 heavy (non-hydrogen) atoms. The first-order valence-corrected chi connectivity index (χ1v) is 14.6. The molecule has 2 amide bonds. The lowest BCUT2D eigenvalue weighted by molar-refractivity contribution is -0.140. The molecule has 1 atom stereocenters. The van der Waals surface area contributed by atoms with Gasteiger partial charge in [-0.1, -0.05) is 61.8 Å². The summed E-state index contributed by atoms with van der Waals surface area (Å²) < 4.78 is 33.9. The summed E-state index contributed by atoms with van der Waals surface area (Å²) in [7, 11) is -2.70. The molecule has 8 nitrogen and oxygen atoms in total. The van der Waals surface area contributed by atoms with Crippen molar-refractivity contribution in [1.29, 1.82) is 0 Å². The molecule has 1 unspecified atom stereocenters. The van der Waals surface area contributed by atoms with E-state index in [4.69, 9.17) is 16.3 Å². The van der Waals surface area contributed by atoms with Crippen molar-refractivity contribution in [2.75, 3.05) is 24.5 Å². The van der Waals surface area contributed by atoms with Crippen LogP contribution >= 0.6 is 11.6 Å². The van der Waals surface area contributed by atoms with E-state index in [1.165, 1.54) is 42.3 Å². The van der Waals surface area contributed by atoms with Gasteiger partial charge in [-0.05, 0) is 60.9 Å². The number of ether oxygens (including phenoxy) is 1. The minimum atomic E-state index is -4.19. The van der Waals surface area contributed by atoms with Crippen molar-refractivity contribution < 1.29 is 22.7 Å². The maximum Gasteiger partial charge on any atom is 0.264 e. The number of rotatable bonds is 13. The number of anilines is 1. The van der Waals surface area contributed by atoms with E-state index >= 15 is 0 Å².